The Hall–Kier alpha value is -0.220. The third-order valence-corrected chi connectivity index (χ3v) is 3.92. The zero-order valence-electron chi connectivity index (χ0n) is 8.07. The van der Waals surface area contributed by atoms with Crippen molar-refractivity contribution in [3.63, 3.8) is 0 Å². The molecule has 0 atom stereocenters. The molecule has 0 radical (unpaired) electrons. The third-order valence-electron chi connectivity index (χ3n) is 1.31. The molecule has 0 aromatic heterocycles. The molecule has 0 heterocycles. The molecular formula is C5H15N3O4S2. The largest absolute Gasteiger partial charge is 0.276 e. The highest BCUT2D eigenvalue weighted by molar-refractivity contribution is 7.89. The van der Waals surface area contributed by atoms with Gasteiger partial charge in [0.1, 0.15) is 0 Å². The lowest BCUT2D eigenvalue weighted by molar-refractivity contribution is 0.568. The van der Waals surface area contributed by atoms with Gasteiger partial charge in [0.2, 0.25) is 10.0 Å². The second kappa shape index (κ2) is 5.61. The molecule has 7 nitrogen and oxygen atoms in total. The molecule has 0 unspecified atom stereocenters. The van der Waals surface area contributed by atoms with E-state index in [4.69, 9.17) is 0 Å². The maximum absolute atomic E-state index is 11.0. The van der Waals surface area contributed by atoms with Crippen molar-refractivity contribution in [2.24, 2.45) is 0 Å². The summed E-state index contributed by atoms with van der Waals surface area (Å²) in [4.78, 5) is 0. The summed E-state index contributed by atoms with van der Waals surface area (Å²) < 4.78 is 50.0. The topological polar surface area (TPSA) is 104 Å². The van der Waals surface area contributed by atoms with Crippen molar-refractivity contribution in [2.45, 2.75) is 6.92 Å². The van der Waals surface area contributed by atoms with Gasteiger partial charge in [-0.15, -0.1) is 0 Å². The van der Waals surface area contributed by atoms with Crippen LogP contribution in [0, 0.1) is 0 Å². The van der Waals surface area contributed by atoms with Crippen LogP contribution in [0.2, 0.25) is 0 Å². The Balaban J connectivity index is 3.98. The van der Waals surface area contributed by atoms with Crippen LogP contribution in [0.5, 0.6) is 0 Å². The molecule has 0 rings (SSSR count). The van der Waals surface area contributed by atoms with Gasteiger partial charge in [-0.3, -0.25) is 0 Å². The summed E-state index contributed by atoms with van der Waals surface area (Å²) in [6.45, 7) is 1.73. The molecule has 0 spiro atoms. The van der Waals surface area contributed by atoms with Gasteiger partial charge < -0.3 is 0 Å². The van der Waals surface area contributed by atoms with Crippen LogP contribution in [0.25, 0.3) is 0 Å². The normalized spacial score (nSPS) is 13.0. The second-order valence-corrected chi connectivity index (χ2v) is 6.05. The summed E-state index contributed by atoms with van der Waals surface area (Å²) >= 11 is 0. The average molecular weight is 245 g/mol. The molecule has 0 aliphatic rings. The van der Waals surface area contributed by atoms with E-state index in [9.17, 15) is 16.8 Å². The van der Waals surface area contributed by atoms with E-state index < -0.39 is 20.2 Å². The van der Waals surface area contributed by atoms with Crippen LogP contribution in [0.3, 0.4) is 0 Å². The molecule has 0 fully saturated rings. The average Bonchev–Trinajstić information content (AvgIpc) is 2.03. The monoisotopic (exact) mass is 245 g/mol. The SMILES string of the molecule is CCNS(=O)(=O)NCCS(=O)(=O)NC. The standard InChI is InChI=1S/C5H15N3O4S2/c1-3-7-14(11,12)8-4-5-13(9,10)6-2/h6-8H,3-5H2,1-2H3. The van der Waals surface area contributed by atoms with Crippen molar-refractivity contribution in [2.75, 3.05) is 25.9 Å². The predicted octanol–water partition coefficient (Wildman–Crippen LogP) is -2.02. The van der Waals surface area contributed by atoms with E-state index >= 15 is 0 Å². The Morgan fingerprint density at radius 2 is 1.64 bits per heavy atom. The summed E-state index contributed by atoms with van der Waals surface area (Å²) in [7, 11) is -5.64. The number of rotatable bonds is 7. The van der Waals surface area contributed by atoms with Crippen molar-refractivity contribution < 1.29 is 16.8 Å². The van der Waals surface area contributed by atoms with Gasteiger partial charge in [-0.05, 0) is 7.05 Å². The van der Waals surface area contributed by atoms with Crippen LogP contribution in [0.1, 0.15) is 6.92 Å². The molecule has 9 heteroatoms. The molecule has 0 aromatic rings. The molecular weight excluding hydrogens is 230 g/mol. The van der Waals surface area contributed by atoms with Crippen LogP contribution < -0.4 is 14.2 Å². The lowest BCUT2D eigenvalue weighted by Crippen LogP contribution is -2.39. The van der Waals surface area contributed by atoms with E-state index in [1.54, 1.807) is 6.92 Å². The Labute approximate surface area is 84.5 Å². The molecule has 3 N–H and O–H groups in total. The summed E-state index contributed by atoms with van der Waals surface area (Å²) in [5.74, 6) is -0.284. The summed E-state index contributed by atoms with van der Waals surface area (Å²) in [6.07, 6.45) is 0. The highest BCUT2D eigenvalue weighted by atomic mass is 32.2. The van der Waals surface area contributed by atoms with Crippen LogP contribution in [-0.4, -0.2) is 42.7 Å². The summed E-state index contributed by atoms with van der Waals surface area (Å²) in [5, 5.41) is 0. The minimum absolute atomic E-state index is 0.154. The van der Waals surface area contributed by atoms with E-state index in [-0.39, 0.29) is 18.8 Å². The fourth-order valence-corrected chi connectivity index (χ4v) is 2.21. The maximum Gasteiger partial charge on any atom is 0.276 e. The van der Waals surface area contributed by atoms with Gasteiger partial charge in [-0.25, -0.2) is 22.6 Å². The first-order valence-corrected chi connectivity index (χ1v) is 7.12. The third kappa shape index (κ3) is 6.27. The Bertz CT molecular complexity index is 347. The Kier molecular flexibility index (Phi) is 5.52. The van der Waals surface area contributed by atoms with E-state index in [0.717, 1.165) is 0 Å². The highest BCUT2D eigenvalue weighted by Gasteiger charge is 2.10. The number of sulfonamides is 1. The van der Waals surface area contributed by atoms with Gasteiger partial charge in [0.25, 0.3) is 10.2 Å². The summed E-state index contributed by atoms with van der Waals surface area (Å²) in [6, 6.07) is 0. The first kappa shape index (κ1) is 13.8. The van der Waals surface area contributed by atoms with E-state index in [1.807, 2.05) is 0 Å². The molecule has 0 amide bonds. The molecule has 86 valence electrons. The zero-order chi connectivity index (χ0) is 11.2. The zero-order valence-corrected chi connectivity index (χ0v) is 9.70. The summed E-state index contributed by atoms with van der Waals surface area (Å²) in [5.41, 5.74) is 0. The maximum atomic E-state index is 11.0. The van der Waals surface area contributed by atoms with Crippen molar-refractivity contribution in [1.82, 2.24) is 14.2 Å². The fourth-order valence-electron chi connectivity index (χ4n) is 0.654. The lowest BCUT2D eigenvalue weighted by atomic mass is 10.8. The number of nitrogens with one attached hydrogen (secondary N) is 3. The number of hydrogen-bond acceptors (Lipinski definition) is 4. The molecule has 14 heavy (non-hydrogen) atoms. The van der Waals surface area contributed by atoms with Crippen LogP contribution >= 0.6 is 0 Å². The smallest absolute Gasteiger partial charge is 0.218 e. The molecule has 0 aliphatic carbocycles. The predicted molar refractivity (Wildman–Crippen MR) is 53.4 cm³/mol. The first-order chi connectivity index (χ1) is 6.33. The van der Waals surface area contributed by atoms with Crippen molar-refractivity contribution in [1.29, 1.82) is 0 Å². The van der Waals surface area contributed by atoms with Crippen molar-refractivity contribution in [3.05, 3.63) is 0 Å². The Morgan fingerprint density at radius 1 is 1.07 bits per heavy atom. The fraction of sp³-hybridized carbons (Fsp3) is 1.00. The van der Waals surface area contributed by atoms with Crippen molar-refractivity contribution >= 4 is 20.2 Å². The minimum Gasteiger partial charge on any atom is -0.218 e. The second-order valence-electron chi connectivity index (χ2n) is 2.42. The van der Waals surface area contributed by atoms with Gasteiger partial charge in [-0.2, -0.15) is 8.42 Å². The first-order valence-electron chi connectivity index (χ1n) is 3.98. The number of hydrogen-bond donors (Lipinski definition) is 3. The molecule has 0 saturated heterocycles. The molecule has 0 bridgehead atoms. The lowest BCUT2D eigenvalue weighted by Gasteiger charge is -2.06. The van der Waals surface area contributed by atoms with Crippen molar-refractivity contribution in [3.8, 4) is 0 Å². The minimum atomic E-state index is -3.55. The van der Waals surface area contributed by atoms with Gasteiger partial charge in [0.05, 0.1) is 5.75 Å². The van der Waals surface area contributed by atoms with E-state index in [0.29, 0.717) is 0 Å². The van der Waals surface area contributed by atoms with Crippen LogP contribution in [-0.2, 0) is 20.2 Å². The molecule has 0 saturated carbocycles. The van der Waals surface area contributed by atoms with Crippen LogP contribution in [0.4, 0.5) is 0 Å². The Morgan fingerprint density at radius 3 is 2.07 bits per heavy atom. The van der Waals surface area contributed by atoms with E-state index in [1.165, 1.54) is 7.05 Å². The molecule has 0 aromatic carbocycles. The molecule has 0 aliphatic heterocycles. The van der Waals surface area contributed by atoms with E-state index in [2.05, 4.69) is 14.2 Å². The van der Waals surface area contributed by atoms with Gasteiger partial charge in [0.15, 0.2) is 0 Å². The van der Waals surface area contributed by atoms with Gasteiger partial charge in [0, 0.05) is 13.1 Å². The van der Waals surface area contributed by atoms with Gasteiger partial charge >= 0.3 is 0 Å². The van der Waals surface area contributed by atoms with Crippen LogP contribution in [0.15, 0.2) is 0 Å². The quantitative estimate of drug-likeness (QED) is 0.481. The van der Waals surface area contributed by atoms with Gasteiger partial charge in [-0.1, -0.05) is 6.92 Å². The highest BCUT2D eigenvalue weighted by Crippen LogP contribution is 1.81.